The van der Waals surface area contributed by atoms with Crippen LogP contribution in [-0.2, 0) is 0 Å². The van der Waals surface area contributed by atoms with Crippen molar-refractivity contribution in [2.75, 3.05) is 37.6 Å². The molecular weight excluding hydrogens is 243 g/mol. The number of aliphatic hydroxyl groups is 1. The van der Waals surface area contributed by atoms with Crippen molar-refractivity contribution in [2.45, 2.75) is 25.9 Å². The molecule has 1 aliphatic heterocycles. The van der Waals surface area contributed by atoms with Crippen molar-refractivity contribution in [1.82, 2.24) is 4.90 Å². The molecule has 1 aliphatic rings. The van der Waals surface area contributed by atoms with Gasteiger partial charge in [0, 0.05) is 38.4 Å². The molecule has 0 amide bonds. The Bertz CT molecular complexity index is 397. The lowest BCUT2D eigenvalue weighted by atomic mass is 10.0. The second-order valence-corrected chi connectivity index (χ2v) is 5.59. The molecule has 0 aliphatic carbocycles. The fourth-order valence-corrected chi connectivity index (χ4v) is 2.41. The maximum absolute atomic E-state index is 12.9. The monoisotopic (exact) mass is 266 g/mol. The summed E-state index contributed by atoms with van der Waals surface area (Å²) in [6.07, 6.45) is 0.769. The van der Waals surface area contributed by atoms with Crippen LogP contribution in [-0.4, -0.2) is 48.3 Å². The average Bonchev–Trinajstić information content (AvgIpc) is 2.40. The van der Waals surface area contributed by atoms with Crippen LogP contribution in [0.3, 0.4) is 0 Å². The maximum atomic E-state index is 12.9. The zero-order chi connectivity index (χ0) is 13.9. The first-order valence-electron chi connectivity index (χ1n) is 6.95. The standard InChI is InChI=1S/C15H23FN2O/c1-3-15(2,19)12-17-8-10-18(11-9-17)14-6-4-13(16)5-7-14/h4-7,19H,3,8-12H2,1-2H3. The zero-order valence-electron chi connectivity index (χ0n) is 11.8. The predicted octanol–water partition coefficient (Wildman–Crippen LogP) is 2.11. The van der Waals surface area contributed by atoms with E-state index in [-0.39, 0.29) is 5.82 Å². The summed E-state index contributed by atoms with van der Waals surface area (Å²) in [5, 5.41) is 10.1. The van der Waals surface area contributed by atoms with Crippen LogP contribution in [0, 0.1) is 5.82 Å². The van der Waals surface area contributed by atoms with Crippen molar-refractivity contribution >= 4 is 5.69 Å². The molecule has 0 aromatic heterocycles. The van der Waals surface area contributed by atoms with Gasteiger partial charge in [-0.1, -0.05) is 6.92 Å². The first-order valence-corrected chi connectivity index (χ1v) is 6.95. The van der Waals surface area contributed by atoms with Gasteiger partial charge in [-0.05, 0) is 37.6 Å². The van der Waals surface area contributed by atoms with Gasteiger partial charge in [0.25, 0.3) is 0 Å². The van der Waals surface area contributed by atoms with E-state index in [9.17, 15) is 9.50 Å². The molecule has 1 atom stereocenters. The molecule has 1 heterocycles. The van der Waals surface area contributed by atoms with Crippen molar-refractivity contribution in [1.29, 1.82) is 0 Å². The van der Waals surface area contributed by atoms with Crippen LogP contribution in [0.1, 0.15) is 20.3 Å². The van der Waals surface area contributed by atoms with Crippen LogP contribution < -0.4 is 4.90 Å². The first kappa shape index (κ1) is 14.3. The topological polar surface area (TPSA) is 26.7 Å². The normalized spacial score (nSPS) is 20.3. The highest BCUT2D eigenvalue weighted by molar-refractivity contribution is 5.46. The molecule has 19 heavy (non-hydrogen) atoms. The summed E-state index contributed by atoms with van der Waals surface area (Å²) < 4.78 is 12.9. The summed E-state index contributed by atoms with van der Waals surface area (Å²) in [7, 11) is 0. The van der Waals surface area contributed by atoms with Gasteiger partial charge in [0.05, 0.1) is 5.60 Å². The molecule has 1 unspecified atom stereocenters. The molecule has 1 aromatic rings. The van der Waals surface area contributed by atoms with Gasteiger partial charge in [-0.2, -0.15) is 0 Å². The molecule has 3 nitrogen and oxygen atoms in total. The van der Waals surface area contributed by atoms with E-state index in [1.807, 2.05) is 26.0 Å². The van der Waals surface area contributed by atoms with E-state index < -0.39 is 5.60 Å². The zero-order valence-corrected chi connectivity index (χ0v) is 11.8. The number of benzene rings is 1. The fraction of sp³-hybridized carbons (Fsp3) is 0.600. The van der Waals surface area contributed by atoms with Crippen molar-refractivity contribution < 1.29 is 9.50 Å². The predicted molar refractivity (Wildman–Crippen MR) is 76.0 cm³/mol. The lowest BCUT2D eigenvalue weighted by Crippen LogP contribution is -2.51. The highest BCUT2D eigenvalue weighted by Crippen LogP contribution is 2.18. The molecule has 4 heteroatoms. The van der Waals surface area contributed by atoms with Gasteiger partial charge in [0.15, 0.2) is 0 Å². The molecule has 0 spiro atoms. The van der Waals surface area contributed by atoms with E-state index in [2.05, 4.69) is 9.80 Å². The van der Waals surface area contributed by atoms with Crippen LogP contribution in [0.4, 0.5) is 10.1 Å². The van der Waals surface area contributed by atoms with Crippen molar-refractivity contribution in [3.8, 4) is 0 Å². The Hall–Kier alpha value is -1.13. The largest absolute Gasteiger partial charge is 0.389 e. The molecule has 0 bridgehead atoms. The van der Waals surface area contributed by atoms with Crippen LogP contribution >= 0.6 is 0 Å². The summed E-state index contributed by atoms with van der Waals surface area (Å²) in [5.74, 6) is -0.193. The molecule has 106 valence electrons. The minimum Gasteiger partial charge on any atom is -0.389 e. The number of hydrogen-bond acceptors (Lipinski definition) is 3. The van der Waals surface area contributed by atoms with E-state index in [1.165, 1.54) is 12.1 Å². The number of hydrogen-bond donors (Lipinski definition) is 1. The van der Waals surface area contributed by atoms with E-state index in [4.69, 9.17) is 0 Å². The molecule has 2 rings (SSSR count). The first-order chi connectivity index (χ1) is 9.00. The molecule has 0 saturated carbocycles. The van der Waals surface area contributed by atoms with Crippen LogP contribution in [0.2, 0.25) is 0 Å². The quantitative estimate of drug-likeness (QED) is 0.904. The Morgan fingerprint density at radius 2 is 1.74 bits per heavy atom. The Labute approximate surface area is 114 Å². The second kappa shape index (κ2) is 5.88. The third-order valence-corrected chi connectivity index (χ3v) is 3.89. The van der Waals surface area contributed by atoms with Gasteiger partial charge in [-0.3, -0.25) is 4.90 Å². The van der Waals surface area contributed by atoms with Gasteiger partial charge in [-0.15, -0.1) is 0 Å². The number of piperazine rings is 1. The smallest absolute Gasteiger partial charge is 0.123 e. The molecule has 1 fully saturated rings. The Morgan fingerprint density at radius 1 is 1.16 bits per heavy atom. The second-order valence-electron chi connectivity index (χ2n) is 5.59. The molecule has 0 radical (unpaired) electrons. The minimum atomic E-state index is -0.599. The summed E-state index contributed by atoms with van der Waals surface area (Å²) in [4.78, 5) is 4.56. The summed E-state index contributed by atoms with van der Waals surface area (Å²) in [6, 6.07) is 6.66. The lowest BCUT2D eigenvalue weighted by molar-refractivity contribution is 0.0149. The van der Waals surface area contributed by atoms with Gasteiger partial charge >= 0.3 is 0 Å². The lowest BCUT2D eigenvalue weighted by Gasteiger charge is -2.39. The third kappa shape index (κ3) is 3.91. The van der Waals surface area contributed by atoms with E-state index in [0.29, 0.717) is 0 Å². The van der Waals surface area contributed by atoms with E-state index >= 15 is 0 Å². The van der Waals surface area contributed by atoms with Gasteiger partial charge in [-0.25, -0.2) is 4.39 Å². The average molecular weight is 266 g/mol. The van der Waals surface area contributed by atoms with Gasteiger partial charge in [0.2, 0.25) is 0 Å². The number of halogens is 1. The molecule has 1 saturated heterocycles. The number of anilines is 1. The van der Waals surface area contributed by atoms with Crippen LogP contribution in [0.15, 0.2) is 24.3 Å². The van der Waals surface area contributed by atoms with Crippen molar-refractivity contribution in [3.05, 3.63) is 30.1 Å². The number of β-amino-alcohol motifs (C(OH)–C–C–N with tert-alkyl or cyclic N) is 1. The van der Waals surface area contributed by atoms with Crippen molar-refractivity contribution in [2.24, 2.45) is 0 Å². The van der Waals surface area contributed by atoms with Gasteiger partial charge in [0.1, 0.15) is 5.82 Å². The molecule has 1 aromatic carbocycles. The summed E-state index contributed by atoms with van der Waals surface area (Å²) in [5.41, 5.74) is 0.473. The van der Waals surface area contributed by atoms with E-state index in [1.54, 1.807) is 0 Å². The van der Waals surface area contributed by atoms with E-state index in [0.717, 1.165) is 44.8 Å². The Balaban J connectivity index is 1.87. The molecular formula is C15H23FN2O. The van der Waals surface area contributed by atoms with Crippen molar-refractivity contribution in [3.63, 3.8) is 0 Å². The summed E-state index contributed by atoms with van der Waals surface area (Å²) >= 11 is 0. The summed E-state index contributed by atoms with van der Waals surface area (Å²) in [6.45, 7) is 8.34. The van der Waals surface area contributed by atoms with Gasteiger partial charge < -0.3 is 10.0 Å². The SMILES string of the molecule is CCC(C)(O)CN1CCN(c2ccc(F)cc2)CC1. The highest BCUT2D eigenvalue weighted by atomic mass is 19.1. The van der Waals surface area contributed by atoms with Crippen LogP contribution in [0.25, 0.3) is 0 Å². The number of nitrogens with zero attached hydrogens (tertiary/aromatic N) is 2. The highest BCUT2D eigenvalue weighted by Gasteiger charge is 2.24. The third-order valence-electron chi connectivity index (χ3n) is 3.89. The minimum absolute atomic E-state index is 0.193. The molecule has 1 N–H and O–H groups in total. The Kier molecular flexibility index (Phi) is 4.42. The number of rotatable bonds is 4. The van der Waals surface area contributed by atoms with Crippen LogP contribution in [0.5, 0.6) is 0 Å². The fourth-order valence-electron chi connectivity index (χ4n) is 2.41. The Morgan fingerprint density at radius 3 is 2.26 bits per heavy atom. The maximum Gasteiger partial charge on any atom is 0.123 e.